The van der Waals surface area contributed by atoms with Crippen molar-refractivity contribution in [2.75, 3.05) is 19.6 Å². The smallest absolute Gasteiger partial charge is 0.307 e. The molecule has 1 aromatic carbocycles. The van der Waals surface area contributed by atoms with Crippen molar-refractivity contribution >= 4 is 28.8 Å². The molecule has 1 atom stereocenters. The fraction of sp³-hybridized carbons (Fsp3) is 0.474. The number of nitrogens with one attached hydrogen (secondary N) is 1. The molecule has 1 unspecified atom stereocenters. The van der Waals surface area contributed by atoms with Gasteiger partial charge in [0.25, 0.3) is 0 Å². The minimum Gasteiger partial charge on any atom is -0.354 e. The van der Waals surface area contributed by atoms with E-state index in [0.29, 0.717) is 18.1 Å². The number of aryl methyl sites for hydroxylation is 1. The molecule has 0 fully saturated rings. The van der Waals surface area contributed by atoms with Crippen LogP contribution < -0.4 is 10.2 Å². The van der Waals surface area contributed by atoms with Crippen molar-refractivity contribution in [1.82, 2.24) is 14.8 Å². The normalized spacial score (nSPS) is 12.3. The van der Waals surface area contributed by atoms with Gasteiger partial charge in [-0.3, -0.25) is 14.5 Å². The van der Waals surface area contributed by atoms with Crippen LogP contribution in [0.15, 0.2) is 34.4 Å². The number of rotatable bonds is 9. The zero-order chi connectivity index (χ0) is 19.1. The molecule has 1 amide bonds. The summed E-state index contributed by atoms with van der Waals surface area (Å²) in [5.41, 5.74) is 1.91. The van der Waals surface area contributed by atoms with E-state index in [0.717, 1.165) is 35.7 Å². The van der Waals surface area contributed by atoms with E-state index in [2.05, 4.69) is 24.1 Å². The maximum Gasteiger partial charge on any atom is 0.307 e. The van der Waals surface area contributed by atoms with E-state index in [1.807, 2.05) is 36.6 Å². The number of aromatic nitrogens is 1. The Labute approximate surface area is 163 Å². The Kier molecular flexibility index (Phi) is 7.87. The van der Waals surface area contributed by atoms with Gasteiger partial charge in [-0.1, -0.05) is 55.0 Å². The lowest BCUT2D eigenvalue weighted by Crippen LogP contribution is -2.38. The number of amides is 1. The van der Waals surface area contributed by atoms with Crippen molar-refractivity contribution in [3.63, 3.8) is 0 Å². The summed E-state index contributed by atoms with van der Waals surface area (Å²) < 4.78 is 1.64. The fourth-order valence-electron chi connectivity index (χ4n) is 3.03. The summed E-state index contributed by atoms with van der Waals surface area (Å²) in [4.78, 5) is 26.3. The molecule has 26 heavy (non-hydrogen) atoms. The first kappa shape index (κ1) is 20.7. The van der Waals surface area contributed by atoms with E-state index in [1.54, 1.807) is 4.57 Å². The van der Waals surface area contributed by atoms with Crippen LogP contribution in [0.2, 0.25) is 5.02 Å². The summed E-state index contributed by atoms with van der Waals surface area (Å²) in [6.45, 7) is 8.70. The first-order chi connectivity index (χ1) is 12.5. The van der Waals surface area contributed by atoms with Crippen molar-refractivity contribution in [2.45, 2.75) is 39.8 Å². The minimum atomic E-state index is -0.0632. The average Bonchev–Trinajstić information content (AvgIpc) is 2.95. The number of carbonyl (C=O) groups excluding carboxylic acids is 1. The van der Waals surface area contributed by atoms with Gasteiger partial charge in [0.2, 0.25) is 5.91 Å². The molecule has 2 rings (SSSR count). The average molecular weight is 396 g/mol. The highest BCUT2D eigenvalue weighted by molar-refractivity contribution is 7.07. The quantitative estimate of drug-likeness (QED) is 0.707. The number of hydrogen-bond acceptors (Lipinski definition) is 4. The molecule has 142 valence electrons. The van der Waals surface area contributed by atoms with Crippen LogP contribution in [0.4, 0.5) is 0 Å². The van der Waals surface area contributed by atoms with Gasteiger partial charge in [0.1, 0.15) is 0 Å². The molecular weight excluding hydrogens is 370 g/mol. The predicted molar refractivity (Wildman–Crippen MR) is 108 cm³/mol. The third-order valence-corrected chi connectivity index (χ3v) is 5.77. The van der Waals surface area contributed by atoms with Crippen LogP contribution in [0.25, 0.3) is 0 Å². The molecule has 0 aliphatic carbocycles. The van der Waals surface area contributed by atoms with Crippen LogP contribution in [0.5, 0.6) is 0 Å². The summed E-state index contributed by atoms with van der Waals surface area (Å²) in [6, 6.07) is 7.77. The fourth-order valence-corrected chi connectivity index (χ4v) is 4.06. The van der Waals surface area contributed by atoms with E-state index >= 15 is 0 Å². The van der Waals surface area contributed by atoms with Gasteiger partial charge in [-0.05, 0) is 31.6 Å². The van der Waals surface area contributed by atoms with E-state index in [4.69, 9.17) is 11.6 Å². The zero-order valence-electron chi connectivity index (χ0n) is 15.5. The number of likely N-dealkylation sites (N-methyl/N-ethyl adjacent to an activating group) is 1. The molecule has 7 heteroatoms. The monoisotopic (exact) mass is 395 g/mol. The van der Waals surface area contributed by atoms with Crippen molar-refractivity contribution in [3.8, 4) is 0 Å². The van der Waals surface area contributed by atoms with Gasteiger partial charge in [0.05, 0.1) is 6.04 Å². The van der Waals surface area contributed by atoms with E-state index in [9.17, 15) is 9.59 Å². The highest BCUT2D eigenvalue weighted by Crippen LogP contribution is 2.26. The Morgan fingerprint density at radius 2 is 2.00 bits per heavy atom. The van der Waals surface area contributed by atoms with Crippen LogP contribution in [0, 0.1) is 6.92 Å². The second kappa shape index (κ2) is 9.90. The predicted octanol–water partition coefficient (Wildman–Crippen LogP) is 3.46. The molecule has 0 saturated heterocycles. The Balaban J connectivity index is 2.01. The van der Waals surface area contributed by atoms with E-state index < -0.39 is 0 Å². The maximum absolute atomic E-state index is 12.3. The first-order valence-corrected chi connectivity index (χ1v) is 10.1. The van der Waals surface area contributed by atoms with E-state index in [-0.39, 0.29) is 23.2 Å². The summed E-state index contributed by atoms with van der Waals surface area (Å²) in [5.74, 6) is -0.0632. The zero-order valence-corrected chi connectivity index (χ0v) is 17.1. The number of hydrogen-bond donors (Lipinski definition) is 1. The molecule has 0 spiro atoms. The first-order valence-electron chi connectivity index (χ1n) is 8.88. The van der Waals surface area contributed by atoms with Gasteiger partial charge < -0.3 is 9.88 Å². The summed E-state index contributed by atoms with van der Waals surface area (Å²) in [5, 5.41) is 5.53. The molecule has 1 aromatic heterocycles. The highest BCUT2D eigenvalue weighted by atomic mass is 35.5. The number of halogens is 1. The summed E-state index contributed by atoms with van der Waals surface area (Å²) in [7, 11) is 0. The van der Waals surface area contributed by atoms with Crippen molar-refractivity contribution in [3.05, 3.63) is 55.6 Å². The van der Waals surface area contributed by atoms with Crippen molar-refractivity contribution in [2.24, 2.45) is 0 Å². The molecule has 1 heterocycles. The van der Waals surface area contributed by atoms with Gasteiger partial charge in [0.15, 0.2) is 0 Å². The molecule has 5 nitrogen and oxygen atoms in total. The van der Waals surface area contributed by atoms with Gasteiger partial charge in [-0.25, -0.2) is 0 Å². The maximum atomic E-state index is 12.3. The molecule has 2 aromatic rings. The summed E-state index contributed by atoms with van der Waals surface area (Å²) in [6.07, 6.45) is 0.283. The molecule has 0 bridgehead atoms. The largest absolute Gasteiger partial charge is 0.354 e. The van der Waals surface area contributed by atoms with Crippen LogP contribution in [0.3, 0.4) is 0 Å². The minimum absolute atomic E-state index is 0.0209. The van der Waals surface area contributed by atoms with Gasteiger partial charge in [-0.15, -0.1) is 0 Å². The van der Waals surface area contributed by atoms with Crippen LogP contribution in [-0.4, -0.2) is 35.0 Å². The molecule has 0 radical (unpaired) electrons. The number of carbonyl (C=O) groups is 1. The molecule has 1 N–H and O–H groups in total. The SMILES string of the molecule is CCN(CC)C(CNC(=O)CCn1c(C)csc1=O)c1ccccc1Cl. The Morgan fingerprint density at radius 3 is 2.58 bits per heavy atom. The lowest BCUT2D eigenvalue weighted by atomic mass is 10.0. The lowest BCUT2D eigenvalue weighted by molar-refractivity contribution is -0.121. The van der Waals surface area contributed by atoms with Crippen molar-refractivity contribution in [1.29, 1.82) is 0 Å². The number of thiazole rings is 1. The van der Waals surface area contributed by atoms with Gasteiger partial charge >= 0.3 is 4.87 Å². The summed E-state index contributed by atoms with van der Waals surface area (Å²) >= 11 is 7.54. The van der Waals surface area contributed by atoms with Crippen LogP contribution in [0.1, 0.15) is 37.6 Å². The Hall–Kier alpha value is -1.63. The second-order valence-corrected chi connectivity index (χ2v) is 7.34. The molecular formula is C19H26ClN3O2S. The Bertz CT molecular complexity index is 783. The molecule has 0 aliphatic heterocycles. The third kappa shape index (κ3) is 5.19. The topological polar surface area (TPSA) is 54.3 Å². The standard InChI is InChI=1S/C19H26ClN3O2S/c1-4-22(5-2)17(15-8-6-7-9-16(15)20)12-21-18(24)10-11-23-14(3)13-26-19(23)25/h6-9,13,17H,4-5,10-12H2,1-3H3,(H,21,24). The second-order valence-electron chi connectivity index (χ2n) is 6.11. The number of benzene rings is 1. The van der Waals surface area contributed by atoms with Crippen LogP contribution in [-0.2, 0) is 11.3 Å². The lowest BCUT2D eigenvalue weighted by Gasteiger charge is -2.31. The molecule has 0 saturated carbocycles. The van der Waals surface area contributed by atoms with Gasteiger partial charge in [0, 0.05) is 35.6 Å². The van der Waals surface area contributed by atoms with Gasteiger partial charge in [-0.2, -0.15) is 0 Å². The third-order valence-electron chi connectivity index (χ3n) is 4.55. The van der Waals surface area contributed by atoms with E-state index in [1.165, 1.54) is 0 Å². The van der Waals surface area contributed by atoms with Crippen LogP contribution >= 0.6 is 22.9 Å². The number of nitrogens with zero attached hydrogens (tertiary/aromatic N) is 2. The highest BCUT2D eigenvalue weighted by Gasteiger charge is 2.21. The molecule has 0 aliphatic rings. The Morgan fingerprint density at radius 1 is 1.31 bits per heavy atom. The van der Waals surface area contributed by atoms with Crippen molar-refractivity contribution < 1.29 is 4.79 Å².